The zero-order valence-corrected chi connectivity index (χ0v) is 10.3. The number of nitrogens with zero attached hydrogens (tertiary/aromatic N) is 2. The van der Waals surface area contributed by atoms with Gasteiger partial charge >= 0.3 is 6.23 Å². The second kappa shape index (κ2) is 4.75. The number of nitro groups is 1. The fourth-order valence-electron chi connectivity index (χ4n) is 2.23. The lowest BCUT2D eigenvalue weighted by Crippen LogP contribution is -2.28. The van der Waals surface area contributed by atoms with Gasteiger partial charge < -0.3 is 4.74 Å². The van der Waals surface area contributed by atoms with Crippen LogP contribution < -0.4 is 0 Å². The van der Waals surface area contributed by atoms with Gasteiger partial charge in [-0.05, 0) is 19.9 Å². The number of allylic oxidation sites excluding steroid dienone is 1. The topological polar surface area (TPSA) is 82.3 Å². The van der Waals surface area contributed by atoms with E-state index in [1.807, 2.05) is 0 Å². The number of ether oxygens (including phenoxy) is 1. The van der Waals surface area contributed by atoms with Crippen molar-refractivity contribution in [2.45, 2.75) is 26.0 Å². The smallest absolute Gasteiger partial charge is 0.364 e. The second-order valence-electron chi connectivity index (χ2n) is 4.19. The highest BCUT2D eigenvalue weighted by atomic mass is 19.1. The van der Waals surface area contributed by atoms with Crippen molar-refractivity contribution in [3.63, 3.8) is 0 Å². The predicted molar refractivity (Wildman–Crippen MR) is 62.2 cm³/mol. The lowest BCUT2D eigenvalue weighted by molar-refractivity contribution is -0.570. The molecule has 0 N–H and O–H groups in total. The zero-order chi connectivity index (χ0) is 14.2. The van der Waals surface area contributed by atoms with Gasteiger partial charge in [0.1, 0.15) is 17.5 Å². The van der Waals surface area contributed by atoms with E-state index in [2.05, 4.69) is 4.98 Å². The minimum absolute atomic E-state index is 0.00810. The van der Waals surface area contributed by atoms with E-state index in [-0.39, 0.29) is 22.7 Å². The number of ketones is 1. The molecule has 1 aromatic rings. The van der Waals surface area contributed by atoms with Gasteiger partial charge in [-0.25, -0.2) is 4.39 Å². The molecule has 0 saturated heterocycles. The third-order valence-electron chi connectivity index (χ3n) is 2.99. The van der Waals surface area contributed by atoms with Gasteiger partial charge in [-0.3, -0.25) is 19.9 Å². The Hall–Kier alpha value is -2.31. The monoisotopic (exact) mass is 266 g/mol. The number of hydrogen-bond acceptors (Lipinski definition) is 5. The summed E-state index contributed by atoms with van der Waals surface area (Å²) in [7, 11) is 0. The molecule has 19 heavy (non-hydrogen) atoms. The van der Waals surface area contributed by atoms with Crippen LogP contribution in [0, 0.1) is 15.9 Å². The molecule has 0 aromatic carbocycles. The van der Waals surface area contributed by atoms with Crippen LogP contribution in [0.25, 0.3) is 0 Å². The molecule has 1 aliphatic rings. The molecule has 6 nitrogen and oxygen atoms in total. The van der Waals surface area contributed by atoms with Crippen LogP contribution in [0.1, 0.15) is 25.3 Å². The first-order valence-corrected chi connectivity index (χ1v) is 5.54. The quantitative estimate of drug-likeness (QED) is 0.615. The van der Waals surface area contributed by atoms with E-state index in [9.17, 15) is 19.3 Å². The molecule has 0 aliphatic carbocycles. The van der Waals surface area contributed by atoms with Gasteiger partial charge in [0.2, 0.25) is 0 Å². The average molecular weight is 266 g/mol. The van der Waals surface area contributed by atoms with E-state index in [0.29, 0.717) is 0 Å². The first kappa shape index (κ1) is 13.1. The molecule has 2 atom stereocenters. The van der Waals surface area contributed by atoms with Crippen LogP contribution in [0.5, 0.6) is 0 Å². The highest BCUT2D eigenvalue weighted by Crippen LogP contribution is 2.40. The lowest BCUT2D eigenvalue weighted by atomic mass is 9.89. The van der Waals surface area contributed by atoms with Crippen LogP contribution in [-0.4, -0.2) is 21.9 Å². The van der Waals surface area contributed by atoms with Crippen LogP contribution in [0.15, 0.2) is 29.8 Å². The largest absolute Gasteiger partial charge is 0.434 e. The van der Waals surface area contributed by atoms with Crippen LogP contribution in [-0.2, 0) is 9.53 Å². The Morgan fingerprint density at radius 3 is 2.79 bits per heavy atom. The molecule has 0 fully saturated rings. The minimum Gasteiger partial charge on any atom is -0.434 e. The maximum Gasteiger partial charge on any atom is 0.364 e. The maximum absolute atomic E-state index is 13.8. The SMILES string of the molecule is CC(=O)C1=C(C)OC([N+](=O)[O-])C1c1cnccc1F. The van der Waals surface area contributed by atoms with Crippen molar-refractivity contribution in [3.05, 3.63) is 51.3 Å². The number of Topliss-reactive ketones (excluding diaryl/α,β-unsaturated/α-hetero) is 1. The molecule has 2 rings (SSSR count). The van der Waals surface area contributed by atoms with E-state index in [0.717, 1.165) is 6.07 Å². The highest BCUT2D eigenvalue weighted by Gasteiger charge is 2.47. The fourth-order valence-corrected chi connectivity index (χ4v) is 2.23. The molecule has 0 radical (unpaired) electrons. The first-order chi connectivity index (χ1) is 8.93. The third-order valence-corrected chi connectivity index (χ3v) is 2.99. The van der Waals surface area contributed by atoms with E-state index in [1.165, 1.54) is 26.2 Å². The normalized spacial score (nSPS) is 22.3. The number of rotatable bonds is 3. The van der Waals surface area contributed by atoms with Crippen molar-refractivity contribution < 1.29 is 18.8 Å². The Labute approximate surface area is 108 Å². The first-order valence-electron chi connectivity index (χ1n) is 5.54. The summed E-state index contributed by atoms with van der Waals surface area (Å²) in [6.45, 7) is 2.73. The van der Waals surface area contributed by atoms with Crippen LogP contribution in [0.2, 0.25) is 0 Å². The summed E-state index contributed by atoms with van der Waals surface area (Å²) in [5.41, 5.74) is 0.111. The number of carbonyl (C=O) groups is 1. The number of hydrogen-bond donors (Lipinski definition) is 0. The Balaban J connectivity index is 2.57. The standard InChI is InChI=1S/C12H11FN2O4/c1-6(16)10-7(2)19-12(15(17)18)11(10)8-5-14-4-3-9(8)13/h3-5,11-12H,1-2H3. The number of carbonyl (C=O) groups excluding carboxylic acids is 1. The average Bonchev–Trinajstić information content (AvgIpc) is 2.67. The summed E-state index contributed by atoms with van der Waals surface area (Å²) in [5.74, 6) is -1.94. The van der Waals surface area contributed by atoms with Gasteiger partial charge in [-0.2, -0.15) is 0 Å². The van der Waals surface area contributed by atoms with Crippen molar-refractivity contribution in [3.8, 4) is 0 Å². The molecular formula is C12H11FN2O4. The molecule has 0 spiro atoms. The highest BCUT2D eigenvalue weighted by molar-refractivity contribution is 5.95. The Bertz CT molecular complexity index is 585. The minimum atomic E-state index is -1.50. The fraction of sp³-hybridized carbons (Fsp3) is 0.333. The molecule has 1 aliphatic heterocycles. The number of pyridine rings is 1. The van der Waals surface area contributed by atoms with E-state index < -0.39 is 22.9 Å². The molecular weight excluding hydrogens is 255 g/mol. The summed E-state index contributed by atoms with van der Waals surface area (Å²) in [5, 5.41) is 11.0. The van der Waals surface area contributed by atoms with Crippen LogP contribution in [0.3, 0.4) is 0 Å². The number of aromatic nitrogens is 1. The summed E-state index contributed by atoms with van der Waals surface area (Å²) < 4.78 is 18.9. The van der Waals surface area contributed by atoms with Gasteiger partial charge in [-0.15, -0.1) is 0 Å². The van der Waals surface area contributed by atoms with Gasteiger partial charge in [-0.1, -0.05) is 0 Å². The van der Waals surface area contributed by atoms with Gasteiger partial charge in [0.25, 0.3) is 0 Å². The van der Waals surface area contributed by atoms with Gasteiger partial charge in [0.15, 0.2) is 5.78 Å². The van der Waals surface area contributed by atoms with Gasteiger partial charge in [0.05, 0.1) is 10.5 Å². The number of halogens is 1. The second-order valence-corrected chi connectivity index (χ2v) is 4.19. The molecule has 2 unspecified atom stereocenters. The van der Waals surface area contributed by atoms with Crippen molar-refractivity contribution in [2.24, 2.45) is 0 Å². The summed E-state index contributed by atoms with van der Waals surface area (Å²) in [6, 6.07) is 1.09. The maximum atomic E-state index is 13.8. The molecule has 7 heteroatoms. The van der Waals surface area contributed by atoms with Crippen LogP contribution >= 0.6 is 0 Å². The summed E-state index contributed by atoms with van der Waals surface area (Å²) >= 11 is 0. The molecule has 2 heterocycles. The van der Waals surface area contributed by atoms with Crippen LogP contribution in [0.4, 0.5) is 4.39 Å². The molecule has 0 bridgehead atoms. The molecule has 1 aromatic heterocycles. The van der Waals surface area contributed by atoms with Crippen molar-refractivity contribution in [2.75, 3.05) is 0 Å². The van der Waals surface area contributed by atoms with Crippen molar-refractivity contribution >= 4 is 5.78 Å². The molecule has 0 saturated carbocycles. The lowest BCUT2D eigenvalue weighted by Gasteiger charge is -2.14. The molecule has 0 amide bonds. The zero-order valence-electron chi connectivity index (χ0n) is 10.3. The third kappa shape index (κ3) is 2.18. The summed E-state index contributed by atoms with van der Waals surface area (Å²) in [4.78, 5) is 25.7. The molecule has 100 valence electrons. The Morgan fingerprint density at radius 1 is 1.58 bits per heavy atom. The Morgan fingerprint density at radius 2 is 2.26 bits per heavy atom. The summed E-state index contributed by atoms with van der Waals surface area (Å²) in [6.07, 6.45) is 0.916. The van der Waals surface area contributed by atoms with Crippen molar-refractivity contribution in [1.29, 1.82) is 0 Å². The van der Waals surface area contributed by atoms with Crippen molar-refractivity contribution in [1.82, 2.24) is 4.98 Å². The Kier molecular flexibility index (Phi) is 3.28. The predicted octanol–water partition coefficient (Wildman–Crippen LogP) is 1.80. The van der Waals surface area contributed by atoms with E-state index in [4.69, 9.17) is 4.74 Å². The van der Waals surface area contributed by atoms with Gasteiger partial charge in [0, 0.05) is 18.0 Å². The van der Waals surface area contributed by atoms with E-state index in [1.54, 1.807) is 0 Å². The van der Waals surface area contributed by atoms with E-state index >= 15 is 0 Å².